The fourth-order valence-corrected chi connectivity index (χ4v) is 7.69. The molecule has 7 rings (SSSR count). The number of hydrogen-bond donors (Lipinski definition) is 0. The Hall–Kier alpha value is -2.67. The van der Waals surface area contributed by atoms with Gasteiger partial charge in [-0.05, 0) is 68.3 Å². The summed E-state index contributed by atoms with van der Waals surface area (Å²) < 4.78 is 10.6. The summed E-state index contributed by atoms with van der Waals surface area (Å²) in [6.45, 7) is 4.08. The van der Waals surface area contributed by atoms with Gasteiger partial charge in [-0.25, -0.2) is 9.78 Å². The zero-order valence-corrected chi connectivity index (χ0v) is 20.9. The Morgan fingerprint density at radius 1 is 1.00 bits per heavy atom. The molecule has 0 aliphatic heterocycles. The Kier molecular flexibility index (Phi) is 5.71. The number of imidazole rings is 1. The summed E-state index contributed by atoms with van der Waals surface area (Å²) in [6.07, 6.45) is 7.65. The average Bonchev–Trinajstić information content (AvgIpc) is 3.45. The van der Waals surface area contributed by atoms with Gasteiger partial charge >= 0.3 is 5.69 Å². The Balaban J connectivity index is 1.60. The van der Waals surface area contributed by atoms with Crippen LogP contribution in [0.4, 0.5) is 0 Å². The van der Waals surface area contributed by atoms with E-state index in [1.807, 2.05) is 25.1 Å². The molecule has 2 heterocycles. The van der Waals surface area contributed by atoms with Crippen molar-refractivity contribution in [2.24, 2.45) is 17.8 Å². The Morgan fingerprint density at radius 2 is 1.74 bits per heavy atom. The topological polar surface area (TPSA) is 71.1 Å². The predicted octanol–water partition coefficient (Wildman–Crippen LogP) is 3.93. The van der Waals surface area contributed by atoms with Gasteiger partial charge in [-0.15, -0.1) is 0 Å². The van der Waals surface area contributed by atoms with E-state index in [1.54, 1.807) is 11.7 Å². The van der Waals surface area contributed by atoms with E-state index in [4.69, 9.17) is 9.72 Å². The highest BCUT2D eigenvalue weighted by Gasteiger charge is 2.58. The van der Waals surface area contributed by atoms with Crippen molar-refractivity contribution in [1.82, 2.24) is 18.7 Å². The van der Waals surface area contributed by atoms with Gasteiger partial charge in [0.25, 0.3) is 5.56 Å². The minimum absolute atomic E-state index is 0.0275. The van der Waals surface area contributed by atoms with E-state index >= 15 is 0 Å². The molecule has 0 N–H and O–H groups in total. The van der Waals surface area contributed by atoms with E-state index in [-0.39, 0.29) is 16.7 Å². The molecule has 4 bridgehead atoms. The molecular weight excluding hydrogens is 440 g/mol. The maximum Gasteiger partial charge on any atom is 0.332 e. The predicted molar refractivity (Wildman–Crippen MR) is 136 cm³/mol. The molecule has 3 aromatic rings. The third kappa shape index (κ3) is 3.62. The lowest BCUT2D eigenvalue weighted by atomic mass is 9.69. The van der Waals surface area contributed by atoms with Gasteiger partial charge in [0, 0.05) is 38.8 Å². The van der Waals surface area contributed by atoms with Gasteiger partial charge in [0.1, 0.15) is 5.82 Å². The number of fused-ring (bicyclic) bond motifs is 1. The Bertz CT molecular complexity index is 1330. The first kappa shape index (κ1) is 22.8. The number of hydrogen-bond acceptors (Lipinski definition) is 4. The van der Waals surface area contributed by atoms with Gasteiger partial charge in [-0.3, -0.25) is 13.9 Å². The maximum atomic E-state index is 13.9. The number of aryl methyl sites for hydroxylation is 1. The van der Waals surface area contributed by atoms with Crippen LogP contribution in [0.2, 0.25) is 0 Å². The van der Waals surface area contributed by atoms with Crippen LogP contribution in [0.1, 0.15) is 63.3 Å². The highest BCUT2D eigenvalue weighted by atomic mass is 16.5. The van der Waals surface area contributed by atoms with E-state index in [0.717, 1.165) is 42.0 Å². The van der Waals surface area contributed by atoms with Crippen LogP contribution in [-0.2, 0) is 29.8 Å². The van der Waals surface area contributed by atoms with Crippen LogP contribution in [0.3, 0.4) is 0 Å². The summed E-state index contributed by atoms with van der Waals surface area (Å²) in [7, 11) is 1.67. The van der Waals surface area contributed by atoms with E-state index in [0.29, 0.717) is 43.8 Å². The maximum absolute atomic E-state index is 13.9. The Morgan fingerprint density at radius 3 is 2.40 bits per heavy atom. The van der Waals surface area contributed by atoms with Gasteiger partial charge in [-0.2, -0.15) is 0 Å². The van der Waals surface area contributed by atoms with Crippen molar-refractivity contribution >= 4 is 11.2 Å². The zero-order chi connectivity index (χ0) is 24.2. The summed E-state index contributed by atoms with van der Waals surface area (Å²) in [6, 6.07) is 10.3. The van der Waals surface area contributed by atoms with Gasteiger partial charge in [0.15, 0.2) is 11.2 Å². The van der Waals surface area contributed by atoms with Gasteiger partial charge < -0.3 is 9.30 Å². The fourth-order valence-electron chi connectivity index (χ4n) is 7.69. The molecule has 4 saturated carbocycles. The van der Waals surface area contributed by atoms with Crippen LogP contribution in [0, 0.1) is 17.8 Å². The van der Waals surface area contributed by atoms with Crippen molar-refractivity contribution in [2.75, 3.05) is 13.7 Å². The second-order valence-electron chi connectivity index (χ2n) is 11.2. The molecule has 4 aliphatic rings. The molecule has 186 valence electrons. The van der Waals surface area contributed by atoms with Gasteiger partial charge in [0.05, 0.1) is 0 Å². The summed E-state index contributed by atoms with van der Waals surface area (Å²) >= 11 is 0. The second-order valence-corrected chi connectivity index (χ2v) is 11.2. The number of benzene rings is 1. The summed E-state index contributed by atoms with van der Waals surface area (Å²) in [4.78, 5) is 32.6. The first-order chi connectivity index (χ1) is 17.0. The largest absolute Gasteiger partial charge is 0.385 e. The lowest BCUT2D eigenvalue weighted by Gasteiger charge is -2.38. The number of methoxy groups -OCH3 is 1. The lowest BCUT2D eigenvalue weighted by molar-refractivity contribution is 0.190. The Labute approximate surface area is 205 Å². The number of ether oxygens (including phenoxy) is 1. The molecular formula is C28H36N4O3. The van der Waals surface area contributed by atoms with E-state index in [1.165, 1.54) is 30.3 Å². The van der Waals surface area contributed by atoms with Crippen LogP contribution in [0.25, 0.3) is 11.2 Å². The molecule has 2 atom stereocenters. The van der Waals surface area contributed by atoms with E-state index in [9.17, 15) is 9.59 Å². The first-order valence-corrected chi connectivity index (χ1v) is 13.3. The molecule has 1 aromatic carbocycles. The van der Waals surface area contributed by atoms with Crippen molar-refractivity contribution in [3.05, 3.63) is 62.6 Å². The molecule has 0 spiro atoms. The third-order valence-electron chi connectivity index (χ3n) is 8.87. The van der Waals surface area contributed by atoms with Gasteiger partial charge in [0.2, 0.25) is 0 Å². The van der Waals surface area contributed by atoms with Crippen molar-refractivity contribution in [2.45, 2.75) is 76.9 Å². The zero-order valence-electron chi connectivity index (χ0n) is 20.9. The average molecular weight is 477 g/mol. The molecule has 0 amide bonds. The number of nitrogens with zero attached hydrogens (tertiary/aromatic N) is 4. The SMILES string of the molecule is CCCn1c(=O)c2c(nc(C34CC5CC(C3)C(C5)C4)n2Cc2ccccc2)n(CCCOC)c1=O. The third-order valence-corrected chi connectivity index (χ3v) is 8.87. The van der Waals surface area contributed by atoms with Crippen molar-refractivity contribution in [3.8, 4) is 0 Å². The molecule has 7 nitrogen and oxygen atoms in total. The summed E-state index contributed by atoms with van der Waals surface area (Å²) in [5.74, 6) is 3.40. The highest BCUT2D eigenvalue weighted by molar-refractivity contribution is 5.72. The van der Waals surface area contributed by atoms with Crippen molar-refractivity contribution in [1.29, 1.82) is 0 Å². The monoisotopic (exact) mass is 476 g/mol. The summed E-state index contributed by atoms with van der Waals surface area (Å²) in [5, 5.41) is 0. The summed E-state index contributed by atoms with van der Waals surface area (Å²) in [5.41, 5.74) is 1.89. The van der Waals surface area contributed by atoms with Crippen LogP contribution in [-0.4, -0.2) is 32.4 Å². The molecule has 2 unspecified atom stereocenters. The molecule has 35 heavy (non-hydrogen) atoms. The molecule has 7 heteroatoms. The second kappa shape index (κ2) is 8.77. The van der Waals surface area contributed by atoms with Crippen LogP contribution < -0.4 is 11.2 Å². The number of rotatable bonds is 9. The minimum Gasteiger partial charge on any atom is -0.385 e. The normalized spacial score (nSPS) is 26.9. The standard InChI is InChI=1S/C28H36N4O3/c1-3-10-31-25(33)23-24(30(27(31)34)11-7-12-35-2)29-26(32(23)18-19-8-5-4-6-9-19)28-15-20-13-21(16-28)22(14-20)17-28/h4-6,8-9,20-22H,3,7,10-18H2,1-2H3. The fraction of sp³-hybridized carbons (Fsp3) is 0.607. The van der Waals surface area contributed by atoms with Crippen molar-refractivity contribution in [3.63, 3.8) is 0 Å². The lowest BCUT2D eigenvalue weighted by Crippen LogP contribution is -2.41. The molecule has 4 aliphatic carbocycles. The number of aromatic nitrogens is 4. The molecule has 4 fully saturated rings. The van der Waals surface area contributed by atoms with E-state index < -0.39 is 0 Å². The van der Waals surface area contributed by atoms with Gasteiger partial charge in [-0.1, -0.05) is 37.3 Å². The van der Waals surface area contributed by atoms with E-state index in [2.05, 4.69) is 16.7 Å². The van der Waals surface area contributed by atoms with Crippen LogP contribution in [0.5, 0.6) is 0 Å². The molecule has 0 radical (unpaired) electrons. The highest BCUT2D eigenvalue weighted by Crippen LogP contribution is 2.64. The van der Waals surface area contributed by atoms with Crippen LogP contribution in [0.15, 0.2) is 39.9 Å². The molecule has 0 saturated heterocycles. The first-order valence-electron chi connectivity index (χ1n) is 13.3. The van der Waals surface area contributed by atoms with Crippen molar-refractivity contribution < 1.29 is 4.74 Å². The van der Waals surface area contributed by atoms with Crippen LogP contribution >= 0.6 is 0 Å². The quantitative estimate of drug-likeness (QED) is 0.439. The molecule has 2 aromatic heterocycles. The smallest absolute Gasteiger partial charge is 0.332 e. The minimum atomic E-state index is -0.246.